The van der Waals surface area contributed by atoms with Crippen LogP contribution >= 0.6 is 23.8 Å². The minimum atomic E-state index is -0.125. The van der Waals surface area contributed by atoms with Crippen molar-refractivity contribution in [3.63, 3.8) is 0 Å². The fourth-order valence-electron chi connectivity index (χ4n) is 3.27. The molecule has 1 fully saturated rings. The first-order valence-corrected chi connectivity index (χ1v) is 9.70. The zero-order valence-electron chi connectivity index (χ0n) is 15.4. The maximum absolute atomic E-state index is 12.0. The molecule has 1 aromatic carbocycles. The summed E-state index contributed by atoms with van der Waals surface area (Å²) >= 11 is 11.5. The Morgan fingerprint density at radius 1 is 1.48 bits per heavy atom. The lowest BCUT2D eigenvalue weighted by Gasteiger charge is -2.31. The first kappa shape index (κ1) is 19.9. The second-order valence-electron chi connectivity index (χ2n) is 6.44. The highest BCUT2D eigenvalue weighted by molar-refractivity contribution is 7.71. The third-order valence-corrected chi connectivity index (χ3v) is 5.11. The van der Waals surface area contributed by atoms with Crippen molar-refractivity contribution in [2.45, 2.75) is 26.4 Å². The van der Waals surface area contributed by atoms with Crippen LogP contribution in [0.2, 0.25) is 5.02 Å². The van der Waals surface area contributed by atoms with E-state index in [-0.39, 0.29) is 11.9 Å². The van der Waals surface area contributed by atoms with Crippen LogP contribution in [0.25, 0.3) is 11.4 Å². The maximum atomic E-state index is 12.0. The highest BCUT2D eigenvalue weighted by atomic mass is 35.5. The van der Waals surface area contributed by atoms with Crippen molar-refractivity contribution >= 4 is 29.8 Å². The van der Waals surface area contributed by atoms with Crippen LogP contribution in [0, 0.1) is 10.7 Å². The van der Waals surface area contributed by atoms with Gasteiger partial charge in [0.1, 0.15) is 5.75 Å². The lowest BCUT2D eigenvalue weighted by Crippen LogP contribution is -2.40. The quantitative estimate of drug-likeness (QED) is 0.580. The van der Waals surface area contributed by atoms with Crippen LogP contribution in [0.15, 0.2) is 18.2 Å². The zero-order valence-corrected chi connectivity index (χ0v) is 17.0. The fourth-order valence-corrected chi connectivity index (χ4v) is 3.64. The number of piperidine rings is 1. The Hall–Kier alpha value is -1.90. The maximum Gasteiger partial charge on any atom is 0.310 e. The average Bonchev–Trinajstić information content (AvgIpc) is 3.02. The van der Waals surface area contributed by atoms with E-state index >= 15 is 0 Å². The first-order chi connectivity index (χ1) is 13.0. The number of benzene rings is 1. The third kappa shape index (κ3) is 4.69. The number of rotatable bonds is 6. The van der Waals surface area contributed by atoms with Crippen LogP contribution in [0.5, 0.6) is 5.75 Å². The summed E-state index contributed by atoms with van der Waals surface area (Å²) in [5.74, 6) is 1.04. The zero-order chi connectivity index (χ0) is 19.4. The van der Waals surface area contributed by atoms with Gasteiger partial charge < -0.3 is 9.47 Å². The lowest BCUT2D eigenvalue weighted by atomic mass is 9.99. The summed E-state index contributed by atoms with van der Waals surface area (Å²) in [6, 6.07) is 5.34. The van der Waals surface area contributed by atoms with Crippen molar-refractivity contribution in [2.24, 2.45) is 5.92 Å². The molecule has 2 aromatic rings. The number of H-pyrrole nitrogens is 1. The molecule has 1 aliphatic heterocycles. The molecule has 7 nitrogen and oxygen atoms in total. The molecule has 1 aromatic heterocycles. The van der Waals surface area contributed by atoms with E-state index < -0.39 is 0 Å². The van der Waals surface area contributed by atoms with E-state index in [0.717, 1.165) is 24.9 Å². The predicted octanol–water partition coefficient (Wildman–Crippen LogP) is 3.50. The molecule has 3 rings (SSSR count). The van der Waals surface area contributed by atoms with E-state index in [9.17, 15) is 4.79 Å². The Morgan fingerprint density at radius 3 is 3.04 bits per heavy atom. The van der Waals surface area contributed by atoms with E-state index in [1.54, 1.807) is 30.0 Å². The van der Waals surface area contributed by atoms with Gasteiger partial charge in [0, 0.05) is 11.6 Å². The van der Waals surface area contributed by atoms with Crippen molar-refractivity contribution in [1.82, 2.24) is 19.7 Å². The van der Waals surface area contributed by atoms with E-state index in [0.29, 0.717) is 41.2 Å². The number of halogens is 1. The highest BCUT2D eigenvalue weighted by Gasteiger charge is 2.27. The molecule has 0 radical (unpaired) electrons. The molecule has 9 heteroatoms. The number of carbonyl (C=O) groups is 1. The van der Waals surface area contributed by atoms with E-state index in [1.807, 2.05) is 6.92 Å². The summed E-state index contributed by atoms with van der Waals surface area (Å²) in [6.45, 7) is 4.31. The summed E-state index contributed by atoms with van der Waals surface area (Å²) in [4.78, 5) is 18.7. The monoisotopic (exact) mass is 410 g/mol. The Labute approximate surface area is 168 Å². The van der Waals surface area contributed by atoms with Crippen LogP contribution in [0.4, 0.5) is 0 Å². The van der Waals surface area contributed by atoms with Gasteiger partial charge in [0.15, 0.2) is 5.82 Å². The van der Waals surface area contributed by atoms with Crippen LogP contribution in [-0.4, -0.2) is 52.4 Å². The molecule has 1 N–H and O–H groups in total. The Bertz CT molecular complexity index is 867. The molecule has 1 aliphatic rings. The van der Waals surface area contributed by atoms with Gasteiger partial charge in [-0.1, -0.05) is 11.6 Å². The number of aromatic amines is 1. The molecule has 0 spiro atoms. The number of nitrogens with one attached hydrogen (secondary N) is 1. The molecular weight excluding hydrogens is 388 g/mol. The SMILES string of the molecule is CCOC(=O)C1CCCN(Cn2[nH]c(-c3cc(Cl)ccc3OC)nc2=S)C1. The number of nitrogens with zero attached hydrogens (tertiary/aromatic N) is 3. The molecule has 1 saturated heterocycles. The molecule has 1 unspecified atom stereocenters. The second-order valence-corrected chi connectivity index (χ2v) is 7.24. The number of aromatic nitrogens is 3. The minimum Gasteiger partial charge on any atom is -0.496 e. The molecule has 0 amide bonds. The standard InChI is InChI=1S/C18H23ClN4O3S/c1-3-26-17(24)12-5-4-8-22(10-12)11-23-18(27)20-16(21-23)14-9-13(19)6-7-15(14)25-2/h6-7,9,12H,3-5,8,10-11H2,1-2H3,(H,20,21,27). The Morgan fingerprint density at radius 2 is 2.30 bits per heavy atom. The highest BCUT2D eigenvalue weighted by Crippen LogP contribution is 2.30. The van der Waals surface area contributed by atoms with Crippen LogP contribution in [-0.2, 0) is 16.2 Å². The number of hydrogen-bond acceptors (Lipinski definition) is 6. The summed E-state index contributed by atoms with van der Waals surface area (Å²) in [6.07, 6.45) is 1.80. The van der Waals surface area contributed by atoms with E-state index in [4.69, 9.17) is 33.3 Å². The molecule has 0 saturated carbocycles. The lowest BCUT2D eigenvalue weighted by molar-refractivity contribution is -0.150. The van der Waals surface area contributed by atoms with Gasteiger partial charge in [-0.3, -0.25) is 14.8 Å². The molecule has 0 bridgehead atoms. The molecule has 1 atom stereocenters. The number of methoxy groups -OCH3 is 1. The van der Waals surface area contributed by atoms with Gasteiger partial charge in [0.25, 0.3) is 0 Å². The number of likely N-dealkylation sites (tertiary alicyclic amines) is 1. The van der Waals surface area contributed by atoms with E-state index in [2.05, 4.69) is 15.0 Å². The van der Waals surface area contributed by atoms with Crippen molar-refractivity contribution in [3.8, 4) is 17.1 Å². The van der Waals surface area contributed by atoms with Crippen molar-refractivity contribution in [1.29, 1.82) is 0 Å². The fraction of sp³-hybridized carbons (Fsp3) is 0.500. The first-order valence-electron chi connectivity index (χ1n) is 8.91. The Kier molecular flexibility index (Phi) is 6.51. The van der Waals surface area contributed by atoms with Crippen LogP contribution in [0.3, 0.4) is 0 Å². The second kappa shape index (κ2) is 8.86. The van der Waals surface area contributed by atoms with Crippen molar-refractivity contribution < 1.29 is 14.3 Å². The summed E-state index contributed by atoms with van der Waals surface area (Å²) in [5.41, 5.74) is 0.748. The minimum absolute atomic E-state index is 0.0942. The van der Waals surface area contributed by atoms with Crippen molar-refractivity contribution in [2.75, 3.05) is 26.8 Å². The van der Waals surface area contributed by atoms with Gasteiger partial charge in [-0.05, 0) is 56.7 Å². The Balaban J connectivity index is 1.77. The average molecular weight is 411 g/mol. The number of esters is 1. The van der Waals surface area contributed by atoms with Crippen molar-refractivity contribution in [3.05, 3.63) is 28.0 Å². The van der Waals surface area contributed by atoms with Gasteiger partial charge in [-0.25, -0.2) is 4.68 Å². The number of ether oxygens (including phenoxy) is 2. The molecule has 0 aliphatic carbocycles. The molecule has 2 heterocycles. The number of carbonyl (C=O) groups excluding carboxylic acids is 1. The normalized spacial score (nSPS) is 17.7. The topological polar surface area (TPSA) is 72.4 Å². The van der Waals surface area contributed by atoms with E-state index in [1.165, 1.54) is 0 Å². The molecular formula is C18H23ClN4O3S. The van der Waals surface area contributed by atoms with Gasteiger partial charge in [-0.2, -0.15) is 4.98 Å². The van der Waals surface area contributed by atoms with Gasteiger partial charge in [-0.15, -0.1) is 0 Å². The largest absolute Gasteiger partial charge is 0.496 e. The molecule has 146 valence electrons. The molecule has 27 heavy (non-hydrogen) atoms. The van der Waals surface area contributed by atoms with Gasteiger partial charge in [0.05, 0.1) is 31.9 Å². The van der Waals surface area contributed by atoms with Crippen LogP contribution < -0.4 is 4.74 Å². The third-order valence-electron chi connectivity index (χ3n) is 4.56. The number of hydrogen-bond donors (Lipinski definition) is 1. The summed E-state index contributed by atoms with van der Waals surface area (Å²) in [7, 11) is 1.60. The predicted molar refractivity (Wildman–Crippen MR) is 105 cm³/mol. The van der Waals surface area contributed by atoms with Crippen LogP contribution in [0.1, 0.15) is 19.8 Å². The summed E-state index contributed by atoms with van der Waals surface area (Å²) < 4.78 is 12.8. The summed E-state index contributed by atoms with van der Waals surface area (Å²) in [5, 5.41) is 3.81. The van der Waals surface area contributed by atoms with Gasteiger partial charge in [0.2, 0.25) is 4.77 Å². The smallest absolute Gasteiger partial charge is 0.310 e. The van der Waals surface area contributed by atoms with Gasteiger partial charge >= 0.3 is 5.97 Å².